The van der Waals surface area contributed by atoms with Crippen LogP contribution in [0.1, 0.15) is 40.5 Å². The highest BCUT2D eigenvalue weighted by atomic mass is 16.6. The van der Waals surface area contributed by atoms with E-state index in [0.717, 1.165) is 5.57 Å². The van der Waals surface area contributed by atoms with Gasteiger partial charge in [0.2, 0.25) is 0 Å². The Kier molecular flexibility index (Phi) is 5.23. The third-order valence-electron chi connectivity index (χ3n) is 5.70. The van der Waals surface area contributed by atoms with Crippen LogP contribution in [-0.2, 0) is 19.1 Å². The van der Waals surface area contributed by atoms with E-state index in [-0.39, 0.29) is 12.4 Å². The van der Waals surface area contributed by atoms with Gasteiger partial charge in [-0.2, -0.15) is 0 Å². The second-order valence-electron chi connectivity index (χ2n) is 7.68. The van der Waals surface area contributed by atoms with Crippen LogP contribution in [0, 0.1) is 17.3 Å². The first kappa shape index (κ1) is 19.1. The lowest BCUT2D eigenvalue weighted by molar-refractivity contribution is -0.270. The number of ketones is 1. The predicted molar refractivity (Wildman–Crippen MR) is 87.1 cm³/mol. The topological polar surface area (TPSA) is 93.1 Å². The molecule has 0 aromatic rings. The van der Waals surface area contributed by atoms with Gasteiger partial charge in [0.05, 0.1) is 6.61 Å². The Morgan fingerprint density at radius 2 is 2.04 bits per heavy atom. The van der Waals surface area contributed by atoms with Crippen molar-refractivity contribution in [2.24, 2.45) is 17.3 Å². The summed E-state index contributed by atoms with van der Waals surface area (Å²) in [6.07, 6.45) is 1.03. The van der Waals surface area contributed by atoms with E-state index in [9.17, 15) is 19.8 Å². The predicted octanol–water partition coefficient (Wildman–Crippen LogP) is 1.24. The number of ether oxygens (including phenoxy) is 2. The van der Waals surface area contributed by atoms with Gasteiger partial charge in [-0.05, 0) is 24.8 Å². The summed E-state index contributed by atoms with van der Waals surface area (Å²) in [7, 11) is 1.44. The van der Waals surface area contributed by atoms with Crippen molar-refractivity contribution in [2.45, 2.75) is 58.3 Å². The summed E-state index contributed by atoms with van der Waals surface area (Å²) in [6.45, 7) is 6.54. The summed E-state index contributed by atoms with van der Waals surface area (Å²) < 4.78 is 10.7. The normalized spacial score (nSPS) is 38.8. The Labute approximate surface area is 142 Å². The highest BCUT2D eigenvalue weighted by molar-refractivity contribution is 5.88. The molecule has 0 aliphatic heterocycles. The molecule has 2 rings (SSSR count). The molecule has 1 fully saturated rings. The second-order valence-corrected chi connectivity index (χ2v) is 7.68. The van der Waals surface area contributed by atoms with Crippen molar-refractivity contribution < 1.29 is 29.3 Å². The molecule has 2 N–H and O–H groups in total. The van der Waals surface area contributed by atoms with Crippen LogP contribution in [0.3, 0.4) is 0 Å². The van der Waals surface area contributed by atoms with E-state index in [0.29, 0.717) is 12.8 Å². The first-order valence-electron chi connectivity index (χ1n) is 8.32. The zero-order chi connectivity index (χ0) is 18.3. The zero-order valence-electron chi connectivity index (χ0n) is 15.0. The summed E-state index contributed by atoms with van der Waals surface area (Å²) in [6, 6.07) is 0. The molecule has 6 nitrogen and oxygen atoms in total. The number of hydrogen-bond donors (Lipinski definition) is 2. The molecule has 0 saturated heterocycles. The van der Waals surface area contributed by atoms with E-state index in [2.05, 4.69) is 0 Å². The van der Waals surface area contributed by atoms with Gasteiger partial charge in [0.1, 0.15) is 17.8 Å². The van der Waals surface area contributed by atoms with Crippen molar-refractivity contribution in [1.29, 1.82) is 0 Å². The Morgan fingerprint density at radius 1 is 1.42 bits per heavy atom. The summed E-state index contributed by atoms with van der Waals surface area (Å²) in [5.41, 5.74) is -1.10. The van der Waals surface area contributed by atoms with Crippen LogP contribution in [0.25, 0.3) is 0 Å². The standard InChI is InChI=1S/C18H28O6/c1-10-6-14(23-5)16(21)12(9-19)13-8-17(3,4)18(13,22)15(7-10)24-11(2)20/h6,12-15,19,22H,7-9H2,1-5H3/t12-,13-,14-,15+,18-/m1/s1. The number of methoxy groups -OCH3 is 1. The lowest BCUT2D eigenvalue weighted by Crippen LogP contribution is -2.71. The lowest BCUT2D eigenvalue weighted by Gasteiger charge is -2.62. The second kappa shape index (κ2) is 6.58. The number of carbonyl (C=O) groups excluding carboxylic acids is 2. The summed E-state index contributed by atoms with van der Waals surface area (Å²) in [5, 5.41) is 21.3. The van der Waals surface area contributed by atoms with Crippen molar-refractivity contribution in [2.75, 3.05) is 13.7 Å². The Morgan fingerprint density at radius 3 is 2.50 bits per heavy atom. The first-order valence-corrected chi connectivity index (χ1v) is 8.32. The molecule has 2 aliphatic rings. The van der Waals surface area contributed by atoms with Gasteiger partial charge in [-0.25, -0.2) is 0 Å². The monoisotopic (exact) mass is 340 g/mol. The SMILES string of the molecule is CO[C@@H]1C=C(C)C[C@H](OC(C)=O)[C@]2(O)[C@H](CC2(C)C)[C@@H](CO)C1=O. The van der Waals surface area contributed by atoms with E-state index < -0.39 is 41.0 Å². The molecule has 0 heterocycles. The molecule has 0 amide bonds. The molecule has 0 bridgehead atoms. The molecule has 0 aromatic carbocycles. The Bertz CT molecular complexity index is 552. The number of rotatable bonds is 3. The fourth-order valence-electron chi connectivity index (χ4n) is 4.36. The van der Waals surface area contributed by atoms with Gasteiger partial charge < -0.3 is 19.7 Å². The van der Waals surface area contributed by atoms with Crippen molar-refractivity contribution in [3.8, 4) is 0 Å². The van der Waals surface area contributed by atoms with E-state index in [1.807, 2.05) is 20.8 Å². The summed E-state index contributed by atoms with van der Waals surface area (Å²) in [5.74, 6) is -1.96. The lowest BCUT2D eigenvalue weighted by atomic mass is 9.46. The van der Waals surface area contributed by atoms with Crippen LogP contribution in [0.2, 0.25) is 0 Å². The highest BCUT2D eigenvalue weighted by Crippen LogP contribution is 2.60. The highest BCUT2D eigenvalue weighted by Gasteiger charge is 2.67. The molecule has 0 radical (unpaired) electrons. The van der Waals surface area contributed by atoms with E-state index in [1.54, 1.807) is 6.08 Å². The molecule has 5 atom stereocenters. The molecule has 0 spiro atoms. The number of esters is 1. The summed E-state index contributed by atoms with van der Waals surface area (Å²) in [4.78, 5) is 24.4. The third kappa shape index (κ3) is 2.91. The fourth-order valence-corrected chi connectivity index (χ4v) is 4.36. The smallest absolute Gasteiger partial charge is 0.303 e. The van der Waals surface area contributed by atoms with E-state index in [1.165, 1.54) is 14.0 Å². The average molecular weight is 340 g/mol. The average Bonchev–Trinajstić information content (AvgIpc) is 2.51. The maximum atomic E-state index is 12.8. The van der Waals surface area contributed by atoms with Gasteiger partial charge >= 0.3 is 5.97 Å². The largest absolute Gasteiger partial charge is 0.459 e. The molecule has 6 heteroatoms. The summed E-state index contributed by atoms with van der Waals surface area (Å²) >= 11 is 0. The van der Waals surface area contributed by atoms with Gasteiger partial charge in [-0.3, -0.25) is 9.59 Å². The molecule has 1 saturated carbocycles. The number of fused-ring (bicyclic) bond motifs is 1. The minimum atomic E-state index is -1.38. The minimum Gasteiger partial charge on any atom is -0.459 e. The number of aliphatic hydroxyl groups is 2. The van der Waals surface area contributed by atoms with Crippen molar-refractivity contribution in [1.82, 2.24) is 0 Å². The van der Waals surface area contributed by atoms with E-state index in [4.69, 9.17) is 9.47 Å². The van der Waals surface area contributed by atoms with E-state index >= 15 is 0 Å². The van der Waals surface area contributed by atoms with Crippen LogP contribution in [0.5, 0.6) is 0 Å². The van der Waals surface area contributed by atoms with Gasteiger partial charge in [0, 0.05) is 32.3 Å². The molecule has 0 aromatic heterocycles. The number of Topliss-reactive ketones (excluding diaryl/α,β-unsaturated/α-hetero) is 1. The fraction of sp³-hybridized carbons (Fsp3) is 0.778. The van der Waals surface area contributed by atoms with Crippen LogP contribution in [0.15, 0.2) is 11.6 Å². The maximum Gasteiger partial charge on any atom is 0.303 e. The van der Waals surface area contributed by atoms with Crippen molar-refractivity contribution in [3.05, 3.63) is 11.6 Å². The molecular formula is C18H28O6. The zero-order valence-corrected chi connectivity index (χ0v) is 15.0. The molecule has 2 aliphatic carbocycles. The molecule has 136 valence electrons. The van der Waals surface area contributed by atoms with Gasteiger partial charge in [-0.1, -0.05) is 19.4 Å². The third-order valence-corrected chi connectivity index (χ3v) is 5.70. The minimum absolute atomic E-state index is 0.248. The molecule has 0 unspecified atom stereocenters. The van der Waals surface area contributed by atoms with Crippen molar-refractivity contribution in [3.63, 3.8) is 0 Å². The van der Waals surface area contributed by atoms with Crippen LogP contribution < -0.4 is 0 Å². The van der Waals surface area contributed by atoms with Crippen LogP contribution >= 0.6 is 0 Å². The number of aliphatic hydroxyl groups excluding tert-OH is 1. The number of carbonyl (C=O) groups is 2. The molecular weight excluding hydrogens is 312 g/mol. The Balaban J connectivity index is 2.54. The number of hydrogen-bond acceptors (Lipinski definition) is 6. The van der Waals surface area contributed by atoms with Crippen molar-refractivity contribution >= 4 is 11.8 Å². The van der Waals surface area contributed by atoms with Crippen LogP contribution in [0.4, 0.5) is 0 Å². The van der Waals surface area contributed by atoms with Gasteiger partial charge in [0.15, 0.2) is 5.78 Å². The van der Waals surface area contributed by atoms with Crippen LogP contribution in [-0.4, -0.2) is 53.5 Å². The molecule has 24 heavy (non-hydrogen) atoms. The van der Waals surface area contributed by atoms with Gasteiger partial charge in [-0.15, -0.1) is 0 Å². The maximum absolute atomic E-state index is 12.8. The first-order chi connectivity index (χ1) is 11.1. The quantitative estimate of drug-likeness (QED) is 0.593. The Hall–Kier alpha value is -1.24. The van der Waals surface area contributed by atoms with Gasteiger partial charge in [0.25, 0.3) is 0 Å².